The molecule has 0 aromatic carbocycles. The molecule has 1 heterocycles. The van der Waals surface area contributed by atoms with Crippen LogP contribution in [0.2, 0.25) is 0 Å². The molecule has 2 aliphatic carbocycles. The smallest absolute Gasteiger partial charge is 0.0250 e. The van der Waals surface area contributed by atoms with Gasteiger partial charge in [0.15, 0.2) is 0 Å². The number of hydrogen-bond acceptors (Lipinski definition) is 2. The van der Waals surface area contributed by atoms with Gasteiger partial charge in [0.1, 0.15) is 0 Å². The number of nitrogens with zero attached hydrogens (tertiary/aromatic N) is 1. The van der Waals surface area contributed by atoms with Gasteiger partial charge in [0.25, 0.3) is 0 Å². The zero-order valence-electron chi connectivity index (χ0n) is 11.1. The monoisotopic (exact) mass is 236 g/mol. The molecule has 1 aliphatic heterocycles. The van der Waals surface area contributed by atoms with Gasteiger partial charge in [-0.1, -0.05) is 25.7 Å². The molecule has 4 unspecified atom stereocenters. The Bertz CT molecular complexity index is 245. The molecule has 2 saturated carbocycles. The van der Waals surface area contributed by atoms with Crippen molar-refractivity contribution in [3.63, 3.8) is 0 Å². The van der Waals surface area contributed by atoms with Crippen LogP contribution < -0.4 is 5.73 Å². The second-order valence-corrected chi connectivity index (χ2v) is 6.51. The van der Waals surface area contributed by atoms with Crippen molar-refractivity contribution in [2.45, 2.75) is 82.3 Å². The van der Waals surface area contributed by atoms with E-state index in [4.69, 9.17) is 5.73 Å². The van der Waals surface area contributed by atoms with E-state index in [1.165, 1.54) is 70.8 Å². The van der Waals surface area contributed by atoms with Crippen LogP contribution in [0.3, 0.4) is 0 Å². The third-order valence-electron chi connectivity index (χ3n) is 5.49. The summed E-state index contributed by atoms with van der Waals surface area (Å²) in [6.07, 6.45) is 14.2. The Morgan fingerprint density at radius 3 is 2.18 bits per heavy atom. The summed E-state index contributed by atoms with van der Waals surface area (Å²) in [7, 11) is 0. The van der Waals surface area contributed by atoms with Crippen LogP contribution in [0.25, 0.3) is 0 Å². The topological polar surface area (TPSA) is 29.3 Å². The first-order valence-electron chi connectivity index (χ1n) is 7.87. The highest BCUT2D eigenvalue weighted by Crippen LogP contribution is 2.38. The highest BCUT2D eigenvalue weighted by molar-refractivity contribution is 4.95. The summed E-state index contributed by atoms with van der Waals surface area (Å²) in [5, 5.41) is 0. The normalized spacial score (nSPS) is 44.3. The van der Waals surface area contributed by atoms with Gasteiger partial charge >= 0.3 is 0 Å². The molecule has 2 N–H and O–H groups in total. The molecule has 0 radical (unpaired) electrons. The molecule has 0 spiro atoms. The standard InChI is InChI=1S/C15H28N2/c16-13-8-2-4-10-15(13)17-11-5-7-12-6-1-3-9-14(12)17/h12-15H,1-11,16H2. The van der Waals surface area contributed by atoms with Gasteiger partial charge in [-0.3, -0.25) is 4.90 Å². The fraction of sp³-hybridized carbons (Fsp3) is 1.00. The Kier molecular flexibility index (Phi) is 3.72. The summed E-state index contributed by atoms with van der Waals surface area (Å²) >= 11 is 0. The molecule has 3 rings (SSSR count). The fourth-order valence-corrected chi connectivity index (χ4v) is 4.63. The number of likely N-dealkylation sites (tertiary alicyclic amines) is 1. The summed E-state index contributed by atoms with van der Waals surface area (Å²) in [6, 6.07) is 2.07. The molecule has 2 heteroatoms. The fourth-order valence-electron chi connectivity index (χ4n) is 4.63. The SMILES string of the molecule is NC1CCCCC1N1CCCC2CCCCC21. The first kappa shape index (κ1) is 12.0. The Morgan fingerprint density at radius 2 is 1.35 bits per heavy atom. The lowest BCUT2D eigenvalue weighted by Gasteiger charge is -2.50. The molecule has 0 aromatic rings. The van der Waals surface area contributed by atoms with Crippen LogP contribution in [0.4, 0.5) is 0 Å². The highest BCUT2D eigenvalue weighted by Gasteiger charge is 2.38. The van der Waals surface area contributed by atoms with E-state index in [9.17, 15) is 0 Å². The van der Waals surface area contributed by atoms with E-state index in [2.05, 4.69) is 4.90 Å². The molecule has 3 fully saturated rings. The molecule has 4 atom stereocenters. The minimum absolute atomic E-state index is 0.462. The number of piperidine rings is 1. The second kappa shape index (κ2) is 5.27. The van der Waals surface area contributed by atoms with Crippen molar-refractivity contribution < 1.29 is 0 Å². The zero-order valence-corrected chi connectivity index (χ0v) is 11.1. The molecule has 3 aliphatic rings. The highest BCUT2D eigenvalue weighted by atomic mass is 15.2. The van der Waals surface area contributed by atoms with Gasteiger partial charge in [0, 0.05) is 18.1 Å². The first-order valence-corrected chi connectivity index (χ1v) is 7.87. The van der Waals surface area contributed by atoms with Gasteiger partial charge in [-0.15, -0.1) is 0 Å². The number of nitrogens with two attached hydrogens (primary N) is 1. The average molecular weight is 236 g/mol. The van der Waals surface area contributed by atoms with E-state index in [0.29, 0.717) is 6.04 Å². The Balaban J connectivity index is 1.71. The van der Waals surface area contributed by atoms with Crippen LogP contribution in [0, 0.1) is 5.92 Å². The van der Waals surface area contributed by atoms with Gasteiger partial charge < -0.3 is 5.73 Å². The second-order valence-electron chi connectivity index (χ2n) is 6.51. The van der Waals surface area contributed by atoms with E-state index in [0.717, 1.165) is 18.0 Å². The van der Waals surface area contributed by atoms with Gasteiger partial charge in [0.05, 0.1) is 0 Å². The Morgan fingerprint density at radius 1 is 0.706 bits per heavy atom. The molecule has 1 saturated heterocycles. The predicted octanol–water partition coefficient (Wildman–Crippen LogP) is 2.91. The van der Waals surface area contributed by atoms with Crippen molar-refractivity contribution in [2.75, 3.05) is 6.54 Å². The van der Waals surface area contributed by atoms with Crippen molar-refractivity contribution in [3.05, 3.63) is 0 Å². The third kappa shape index (κ3) is 2.39. The summed E-state index contributed by atoms with van der Waals surface area (Å²) in [5.74, 6) is 1.01. The Hall–Kier alpha value is -0.0800. The molecule has 17 heavy (non-hydrogen) atoms. The Labute approximate surface area is 106 Å². The lowest BCUT2D eigenvalue weighted by Crippen LogP contribution is -2.57. The van der Waals surface area contributed by atoms with Gasteiger partial charge in [-0.25, -0.2) is 0 Å². The molecule has 0 bridgehead atoms. The lowest BCUT2D eigenvalue weighted by molar-refractivity contribution is 0.00604. The first-order chi connectivity index (χ1) is 8.36. The van der Waals surface area contributed by atoms with Gasteiger partial charge in [-0.2, -0.15) is 0 Å². The minimum Gasteiger partial charge on any atom is -0.326 e. The molecule has 0 aromatic heterocycles. The maximum Gasteiger partial charge on any atom is 0.0250 e. The zero-order chi connectivity index (χ0) is 11.7. The van der Waals surface area contributed by atoms with Crippen LogP contribution in [-0.4, -0.2) is 29.6 Å². The molecular formula is C15H28N2. The number of hydrogen-bond donors (Lipinski definition) is 1. The van der Waals surface area contributed by atoms with Crippen LogP contribution >= 0.6 is 0 Å². The largest absolute Gasteiger partial charge is 0.326 e. The number of fused-ring (bicyclic) bond motifs is 1. The van der Waals surface area contributed by atoms with E-state index < -0.39 is 0 Å². The quantitative estimate of drug-likeness (QED) is 0.758. The van der Waals surface area contributed by atoms with Crippen molar-refractivity contribution in [1.29, 1.82) is 0 Å². The summed E-state index contributed by atoms with van der Waals surface area (Å²) in [4.78, 5) is 2.84. The van der Waals surface area contributed by atoms with E-state index >= 15 is 0 Å². The summed E-state index contributed by atoms with van der Waals surface area (Å²) < 4.78 is 0. The van der Waals surface area contributed by atoms with E-state index in [1.54, 1.807) is 0 Å². The van der Waals surface area contributed by atoms with Crippen molar-refractivity contribution >= 4 is 0 Å². The van der Waals surface area contributed by atoms with Crippen LogP contribution in [0.15, 0.2) is 0 Å². The van der Waals surface area contributed by atoms with E-state index in [1.807, 2.05) is 0 Å². The van der Waals surface area contributed by atoms with Gasteiger partial charge in [0.2, 0.25) is 0 Å². The van der Waals surface area contributed by atoms with Crippen molar-refractivity contribution in [1.82, 2.24) is 4.90 Å². The lowest BCUT2D eigenvalue weighted by atomic mass is 9.76. The summed E-state index contributed by atoms with van der Waals surface area (Å²) in [6.45, 7) is 1.33. The maximum atomic E-state index is 6.39. The third-order valence-corrected chi connectivity index (χ3v) is 5.49. The predicted molar refractivity (Wildman–Crippen MR) is 71.9 cm³/mol. The molecular weight excluding hydrogens is 208 g/mol. The minimum atomic E-state index is 0.462. The molecule has 0 amide bonds. The van der Waals surface area contributed by atoms with Crippen molar-refractivity contribution in [3.8, 4) is 0 Å². The van der Waals surface area contributed by atoms with Gasteiger partial charge in [-0.05, 0) is 51.0 Å². The van der Waals surface area contributed by atoms with Crippen LogP contribution in [0.5, 0.6) is 0 Å². The number of rotatable bonds is 1. The molecule has 2 nitrogen and oxygen atoms in total. The molecule has 98 valence electrons. The average Bonchev–Trinajstić information content (AvgIpc) is 2.39. The summed E-state index contributed by atoms with van der Waals surface area (Å²) in [5.41, 5.74) is 6.39. The van der Waals surface area contributed by atoms with Crippen LogP contribution in [-0.2, 0) is 0 Å². The maximum absolute atomic E-state index is 6.39. The van der Waals surface area contributed by atoms with Crippen molar-refractivity contribution in [2.24, 2.45) is 11.7 Å². The van der Waals surface area contributed by atoms with E-state index in [-0.39, 0.29) is 0 Å². The van der Waals surface area contributed by atoms with Crippen LogP contribution in [0.1, 0.15) is 64.2 Å².